The lowest BCUT2D eigenvalue weighted by Crippen LogP contribution is -2.16. The van der Waals surface area contributed by atoms with Gasteiger partial charge in [-0.05, 0) is 11.6 Å². The SMILES string of the molecule is O=C1[N+]=CCc2ccccc21. The van der Waals surface area contributed by atoms with E-state index in [2.05, 4.69) is 4.99 Å². The summed E-state index contributed by atoms with van der Waals surface area (Å²) in [6.07, 6.45) is 2.44. The van der Waals surface area contributed by atoms with E-state index in [0.717, 1.165) is 17.5 Å². The van der Waals surface area contributed by atoms with Crippen LogP contribution in [0.25, 0.3) is 0 Å². The maximum atomic E-state index is 11.1. The van der Waals surface area contributed by atoms with Gasteiger partial charge in [0.2, 0.25) is 6.21 Å². The lowest BCUT2D eigenvalue weighted by atomic mass is 10.0. The Morgan fingerprint density at radius 2 is 2.09 bits per heavy atom. The van der Waals surface area contributed by atoms with Crippen molar-refractivity contribution < 1.29 is 4.79 Å². The molecular formula is C9H7NO+. The summed E-state index contributed by atoms with van der Waals surface area (Å²) in [6.45, 7) is 0. The first kappa shape index (κ1) is 6.28. The van der Waals surface area contributed by atoms with Crippen LogP contribution >= 0.6 is 0 Å². The first-order valence-electron chi connectivity index (χ1n) is 3.53. The lowest BCUT2D eigenvalue weighted by Gasteiger charge is -1.98. The minimum atomic E-state index is -0.119. The number of hydrogen-bond donors (Lipinski definition) is 0. The topological polar surface area (TPSA) is 31.2 Å². The molecule has 0 N–H and O–H groups in total. The predicted molar refractivity (Wildman–Crippen MR) is 42.7 cm³/mol. The Balaban J connectivity index is 2.59. The fourth-order valence-electron chi connectivity index (χ4n) is 1.20. The van der Waals surface area contributed by atoms with Crippen molar-refractivity contribution in [2.24, 2.45) is 0 Å². The van der Waals surface area contributed by atoms with Crippen LogP contribution in [0.1, 0.15) is 15.9 Å². The molecule has 1 amide bonds. The van der Waals surface area contributed by atoms with Crippen LogP contribution in [0.2, 0.25) is 0 Å². The Morgan fingerprint density at radius 3 is 2.91 bits per heavy atom. The number of aliphatic imine (C=N–C) groups is 1. The highest BCUT2D eigenvalue weighted by atomic mass is 16.1. The second-order valence-corrected chi connectivity index (χ2v) is 2.48. The van der Waals surface area contributed by atoms with Gasteiger partial charge in [0.1, 0.15) is 10.6 Å². The Bertz CT molecular complexity index is 328. The molecule has 0 unspecified atom stereocenters. The van der Waals surface area contributed by atoms with Crippen LogP contribution < -0.4 is 4.99 Å². The summed E-state index contributed by atoms with van der Waals surface area (Å²) in [5.41, 5.74) is 1.82. The summed E-state index contributed by atoms with van der Waals surface area (Å²) in [4.78, 5) is 14.8. The van der Waals surface area contributed by atoms with Gasteiger partial charge in [-0.2, -0.15) is 0 Å². The molecule has 2 nitrogen and oxygen atoms in total. The molecule has 1 aromatic rings. The third-order valence-corrected chi connectivity index (χ3v) is 1.77. The largest absolute Gasteiger partial charge is 0.483 e. The number of amides is 1. The van der Waals surface area contributed by atoms with E-state index in [1.54, 1.807) is 6.21 Å². The van der Waals surface area contributed by atoms with E-state index in [9.17, 15) is 4.79 Å². The molecule has 1 radical (unpaired) electrons. The summed E-state index contributed by atoms with van der Waals surface area (Å²) in [6, 6.07) is 7.56. The Labute approximate surface area is 64.6 Å². The number of fused-ring (bicyclic) bond motifs is 1. The van der Waals surface area contributed by atoms with Gasteiger partial charge in [-0.3, -0.25) is 0 Å². The minimum Gasteiger partial charge on any atom is -0.207 e. The number of carbonyl (C=O) groups excluding carboxylic acids is 1. The summed E-state index contributed by atoms with van der Waals surface area (Å²) >= 11 is 0. The zero-order valence-corrected chi connectivity index (χ0v) is 5.95. The van der Waals surface area contributed by atoms with Crippen molar-refractivity contribution in [1.29, 1.82) is 0 Å². The first-order valence-corrected chi connectivity index (χ1v) is 3.53. The normalized spacial score (nSPS) is 14.7. The highest BCUT2D eigenvalue weighted by molar-refractivity contribution is 6.01. The molecular weight excluding hydrogens is 138 g/mol. The lowest BCUT2D eigenvalue weighted by molar-refractivity contribution is 0.0981. The van der Waals surface area contributed by atoms with Crippen LogP contribution in [0.4, 0.5) is 0 Å². The Kier molecular flexibility index (Phi) is 1.32. The van der Waals surface area contributed by atoms with Crippen molar-refractivity contribution >= 4 is 12.1 Å². The van der Waals surface area contributed by atoms with Crippen LogP contribution in [-0.2, 0) is 6.42 Å². The van der Waals surface area contributed by atoms with E-state index < -0.39 is 0 Å². The highest BCUT2D eigenvalue weighted by Crippen LogP contribution is 2.10. The van der Waals surface area contributed by atoms with Gasteiger partial charge < -0.3 is 0 Å². The van der Waals surface area contributed by atoms with Gasteiger partial charge in [-0.1, -0.05) is 18.2 Å². The molecule has 2 rings (SSSR count). The van der Waals surface area contributed by atoms with Crippen LogP contribution in [-0.4, -0.2) is 12.1 Å². The van der Waals surface area contributed by atoms with Crippen molar-refractivity contribution in [3.05, 3.63) is 35.4 Å². The molecule has 11 heavy (non-hydrogen) atoms. The maximum Gasteiger partial charge on any atom is 0.483 e. The van der Waals surface area contributed by atoms with Gasteiger partial charge in [-0.25, -0.2) is 4.79 Å². The van der Waals surface area contributed by atoms with E-state index in [1.165, 1.54) is 0 Å². The fourth-order valence-corrected chi connectivity index (χ4v) is 1.20. The van der Waals surface area contributed by atoms with E-state index in [1.807, 2.05) is 24.3 Å². The van der Waals surface area contributed by atoms with Gasteiger partial charge in [-0.15, -0.1) is 0 Å². The van der Waals surface area contributed by atoms with E-state index in [0.29, 0.717) is 0 Å². The molecule has 0 aromatic heterocycles. The van der Waals surface area contributed by atoms with Gasteiger partial charge in [0.25, 0.3) is 0 Å². The van der Waals surface area contributed by atoms with E-state index in [-0.39, 0.29) is 5.91 Å². The standard InChI is InChI=1S/C9H7NO/c11-9-8-4-2-1-3-7(8)5-6-10-9/h1-4,6H,5H2/q+1. The quantitative estimate of drug-likeness (QED) is 0.531. The number of carbonyl (C=O) groups is 1. The summed E-state index contributed by atoms with van der Waals surface area (Å²) in [5.74, 6) is -0.119. The summed E-state index contributed by atoms with van der Waals surface area (Å²) in [7, 11) is 0. The monoisotopic (exact) mass is 145 g/mol. The maximum absolute atomic E-state index is 11.1. The molecule has 0 spiro atoms. The van der Waals surface area contributed by atoms with Crippen LogP contribution in [0.3, 0.4) is 0 Å². The fraction of sp³-hybridized carbons (Fsp3) is 0.111. The van der Waals surface area contributed by atoms with Gasteiger partial charge in [0.05, 0.1) is 6.42 Å². The molecule has 1 aliphatic heterocycles. The van der Waals surface area contributed by atoms with Crippen molar-refractivity contribution in [2.75, 3.05) is 0 Å². The molecule has 0 fully saturated rings. The average molecular weight is 145 g/mol. The Morgan fingerprint density at radius 1 is 1.27 bits per heavy atom. The van der Waals surface area contributed by atoms with Crippen LogP contribution in [0.5, 0.6) is 0 Å². The molecule has 0 bridgehead atoms. The molecule has 53 valence electrons. The summed E-state index contributed by atoms with van der Waals surface area (Å²) in [5, 5.41) is 0. The second-order valence-electron chi connectivity index (χ2n) is 2.48. The van der Waals surface area contributed by atoms with Gasteiger partial charge >= 0.3 is 5.91 Å². The van der Waals surface area contributed by atoms with E-state index >= 15 is 0 Å². The third kappa shape index (κ3) is 0.963. The van der Waals surface area contributed by atoms with Gasteiger partial charge in [0.15, 0.2) is 0 Å². The summed E-state index contributed by atoms with van der Waals surface area (Å²) < 4.78 is 0. The smallest absolute Gasteiger partial charge is 0.207 e. The predicted octanol–water partition coefficient (Wildman–Crippen LogP) is 0.790. The molecule has 0 saturated heterocycles. The van der Waals surface area contributed by atoms with E-state index in [4.69, 9.17) is 0 Å². The molecule has 1 heterocycles. The third-order valence-electron chi connectivity index (χ3n) is 1.77. The zero-order chi connectivity index (χ0) is 7.68. The number of nitrogens with zero attached hydrogens (tertiary/aromatic N) is 1. The Hall–Kier alpha value is -1.44. The van der Waals surface area contributed by atoms with Crippen molar-refractivity contribution in [3.8, 4) is 0 Å². The number of rotatable bonds is 0. The van der Waals surface area contributed by atoms with Crippen LogP contribution in [0, 0.1) is 0 Å². The molecule has 2 heteroatoms. The first-order chi connectivity index (χ1) is 5.38. The number of hydrogen-bond acceptors (Lipinski definition) is 1. The van der Waals surface area contributed by atoms with Crippen molar-refractivity contribution in [3.63, 3.8) is 0 Å². The molecule has 1 aromatic carbocycles. The zero-order valence-electron chi connectivity index (χ0n) is 5.95. The molecule has 0 saturated carbocycles. The molecule has 0 aliphatic carbocycles. The van der Waals surface area contributed by atoms with Gasteiger partial charge in [0, 0.05) is 0 Å². The minimum absolute atomic E-state index is 0.119. The average Bonchev–Trinajstić information content (AvgIpc) is 2.06. The second kappa shape index (κ2) is 2.31. The van der Waals surface area contributed by atoms with Crippen LogP contribution in [0.15, 0.2) is 24.3 Å². The molecule has 1 aliphatic rings. The van der Waals surface area contributed by atoms with Crippen molar-refractivity contribution in [1.82, 2.24) is 4.99 Å². The molecule has 0 atom stereocenters. The van der Waals surface area contributed by atoms with Crippen molar-refractivity contribution in [2.45, 2.75) is 6.42 Å². The number of benzene rings is 1. The highest BCUT2D eigenvalue weighted by Gasteiger charge is 2.22.